The first-order chi connectivity index (χ1) is 11.6. The third-order valence-corrected chi connectivity index (χ3v) is 4.33. The Morgan fingerprint density at radius 1 is 1.21 bits per heavy atom. The molecular formula is C18H15IN2O3. The second kappa shape index (κ2) is 7.12. The van der Waals surface area contributed by atoms with E-state index >= 15 is 0 Å². The molecule has 6 heteroatoms. The average Bonchev–Trinajstić information content (AvgIpc) is 2.57. The Labute approximate surface area is 152 Å². The normalized spacial score (nSPS) is 10.8. The minimum absolute atomic E-state index is 0.116. The minimum Gasteiger partial charge on any atom is -0.460 e. The zero-order chi connectivity index (χ0) is 17.1. The van der Waals surface area contributed by atoms with Crippen molar-refractivity contribution in [3.05, 3.63) is 73.8 Å². The van der Waals surface area contributed by atoms with E-state index in [9.17, 15) is 9.59 Å². The first-order valence-electron chi connectivity index (χ1n) is 7.45. The summed E-state index contributed by atoms with van der Waals surface area (Å²) in [5.74, 6) is 0.206. The maximum absolute atomic E-state index is 12.5. The fourth-order valence-corrected chi connectivity index (χ4v) is 3.01. The number of esters is 1. The number of halogens is 1. The predicted octanol–water partition coefficient (Wildman–Crippen LogP) is 3.17. The number of fused-ring (bicyclic) bond motifs is 1. The van der Waals surface area contributed by atoms with Gasteiger partial charge in [0.15, 0.2) is 0 Å². The molecule has 0 aliphatic carbocycles. The first-order valence-corrected chi connectivity index (χ1v) is 8.53. The molecule has 0 aliphatic rings. The molecule has 122 valence electrons. The number of benzene rings is 2. The van der Waals surface area contributed by atoms with Crippen LogP contribution in [0.5, 0.6) is 0 Å². The molecule has 24 heavy (non-hydrogen) atoms. The van der Waals surface area contributed by atoms with Crippen molar-refractivity contribution in [3.8, 4) is 0 Å². The maximum atomic E-state index is 12.5. The van der Waals surface area contributed by atoms with E-state index in [1.165, 1.54) is 4.57 Å². The van der Waals surface area contributed by atoms with Gasteiger partial charge in [0.25, 0.3) is 5.56 Å². The Balaban J connectivity index is 1.74. The van der Waals surface area contributed by atoms with Gasteiger partial charge in [-0.05, 0) is 59.8 Å². The molecule has 0 saturated carbocycles. The molecule has 0 aliphatic heterocycles. The van der Waals surface area contributed by atoms with Gasteiger partial charge in [0, 0.05) is 3.57 Å². The summed E-state index contributed by atoms with van der Waals surface area (Å²) in [7, 11) is 0. The van der Waals surface area contributed by atoms with Gasteiger partial charge in [0.05, 0.1) is 23.0 Å². The van der Waals surface area contributed by atoms with E-state index in [0.29, 0.717) is 22.3 Å². The number of nitrogens with zero attached hydrogens (tertiary/aromatic N) is 2. The Morgan fingerprint density at radius 2 is 2.00 bits per heavy atom. The van der Waals surface area contributed by atoms with E-state index in [4.69, 9.17) is 4.74 Å². The van der Waals surface area contributed by atoms with Crippen molar-refractivity contribution in [3.63, 3.8) is 0 Å². The van der Waals surface area contributed by atoms with Gasteiger partial charge in [-0.15, -0.1) is 0 Å². The number of hydrogen-bond acceptors (Lipinski definition) is 4. The van der Waals surface area contributed by atoms with Gasteiger partial charge < -0.3 is 4.74 Å². The zero-order valence-electron chi connectivity index (χ0n) is 13.0. The summed E-state index contributed by atoms with van der Waals surface area (Å²) in [6, 6.07) is 14.4. The number of ether oxygens (including phenoxy) is 1. The van der Waals surface area contributed by atoms with Crippen LogP contribution in [0, 0.1) is 10.5 Å². The number of rotatable bonds is 4. The zero-order valence-corrected chi connectivity index (χ0v) is 15.2. The van der Waals surface area contributed by atoms with Crippen LogP contribution < -0.4 is 5.56 Å². The highest BCUT2D eigenvalue weighted by atomic mass is 127. The van der Waals surface area contributed by atoms with Crippen molar-refractivity contribution < 1.29 is 9.53 Å². The number of hydrogen-bond donors (Lipinski definition) is 0. The van der Waals surface area contributed by atoms with Gasteiger partial charge in [-0.25, -0.2) is 9.78 Å². The second-order valence-electron chi connectivity index (χ2n) is 5.28. The molecular weight excluding hydrogens is 419 g/mol. The Morgan fingerprint density at radius 3 is 2.79 bits per heavy atom. The van der Waals surface area contributed by atoms with Crippen molar-refractivity contribution in [1.82, 2.24) is 9.55 Å². The average molecular weight is 434 g/mol. The number of carbonyl (C=O) groups excluding carboxylic acids is 1. The predicted molar refractivity (Wildman–Crippen MR) is 100 cm³/mol. The summed E-state index contributed by atoms with van der Waals surface area (Å²) in [6.07, 6.45) is 0. The highest BCUT2D eigenvalue weighted by Crippen LogP contribution is 2.10. The van der Waals surface area contributed by atoms with E-state index in [2.05, 4.69) is 27.6 Å². The molecule has 5 nitrogen and oxygen atoms in total. The summed E-state index contributed by atoms with van der Waals surface area (Å²) < 4.78 is 7.78. The van der Waals surface area contributed by atoms with Gasteiger partial charge in [-0.1, -0.05) is 18.2 Å². The molecule has 0 bridgehead atoms. The molecule has 3 rings (SSSR count). The van der Waals surface area contributed by atoms with Crippen LogP contribution in [0.3, 0.4) is 0 Å². The van der Waals surface area contributed by atoms with E-state index in [1.54, 1.807) is 31.2 Å². The summed E-state index contributed by atoms with van der Waals surface area (Å²) in [5, 5.41) is 0.562. The molecule has 0 fully saturated rings. The lowest BCUT2D eigenvalue weighted by molar-refractivity contribution is 0.0489. The molecule has 2 aromatic carbocycles. The lowest BCUT2D eigenvalue weighted by Crippen LogP contribution is -2.26. The largest absolute Gasteiger partial charge is 0.460 e. The van der Waals surface area contributed by atoms with Gasteiger partial charge in [-0.2, -0.15) is 0 Å². The van der Waals surface area contributed by atoms with E-state index in [0.717, 1.165) is 3.57 Å². The molecule has 0 atom stereocenters. The Bertz CT molecular complexity index is 966. The van der Waals surface area contributed by atoms with Gasteiger partial charge in [0.1, 0.15) is 12.4 Å². The second-order valence-corrected chi connectivity index (χ2v) is 6.52. The highest BCUT2D eigenvalue weighted by Gasteiger charge is 2.10. The third-order valence-electron chi connectivity index (χ3n) is 3.66. The van der Waals surface area contributed by atoms with Crippen molar-refractivity contribution in [2.45, 2.75) is 13.5 Å². The highest BCUT2D eigenvalue weighted by molar-refractivity contribution is 14.1. The monoisotopic (exact) mass is 434 g/mol. The van der Waals surface area contributed by atoms with Crippen LogP contribution in [-0.4, -0.2) is 22.1 Å². The Kier molecular flexibility index (Phi) is 4.94. The standard InChI is InChI=1S/C18H15IN2O3/c1-12-20-16-8-3-2-7-15(16)17(22)21(12)9-10-24-18(23)13-5-4-6-14(19)11-13/h2-8,11H,9-10H2,1H3. The van der Waals surface area contributed by atoms with Gasteiger partial charge in [-0.3, -0.25) is 9.36 Å². The molecule has 0 saturated heterocycles. The smallest absolute Gasteiger partial charge is 0.338 e. The minimum atomic E-state index is -0.395. The number of aromatic nitrogens is 2. The molecule has 1 heterocycles. The molecule has 0 radical (unpaired) electrons. The quantitative estimate of drug-likeness (QED) is 0.468. The fraction of sp³-hybridized carbons (Fsp3) is 0.167. The summed E-state index contributed by atoms with van der Waals surface area (Å²) in [5.41, 5.74) is 1.05. The van der Waals surface area contributed by atoms with Crippen LogP contribution in [0.15, 0.2) is 53.3 Å². The Hall–Kier alpha value is -2.22. The van der Waals surface area contributed by atoms with E-state index < -0.39 is 5.97 Å². The lowest BCUT2D eigenvalue weighted by Gasteiger charge is -2.11. The van der Waals surface area contributed by atoms with Crippen LogP contribution >= 0.6 is 22.6 Å². The molecule has 0 spiro atoms. The van der Waals surface area contributed by atoms with Gasteiger partial charge >= 0.3 is 5.97 Å². The van der Waals surface area contributed by atoms with Gasteiger partial charge in [0.2, 0.25) is 0 Å². The SMILES string of the molecule is Cc1nc2ccccc2c(=O)n1CCOC(=O)c1cccc(I)c1. The number of para-hydroxylation sites is 1. The van der Waals surface area contributed by atoms with Crippen LogP contribution in [0.25, 0.3) is 10.9 Å². The number of aryl methyl sites for hydroxylation is 1. The lowest BCUT2D eigenvalue weighted by atomic mass is 10.2. The van der Waals surface area contributed by atoms with Crippen LogP contribution in [0.2, 0.25) is 0 Å². The molecule has 1 aromatic heterocycles. The summed E-state index contributed by atoms with van der Waals surface area (Å²) >= 11 is 2.14. The fourth-order valence-electron chi connectivity index (χ4n) is 2.47. The van der Waals surface area contributed by atoms with Crippen LogP contribution in [0.4, 0.5) is 0 Å². The third kappa shape index (κ3) is 3.48. The molecule has 0 amide bonds. The summed E-state index contributed by atoms with van der Waals surface area (Å²) in [4.78, 5) is 29.0. The molecule has 0 unspecified atom stereocenters. The summed E-state index contributed by atoms with van der Waals surface area (Å²) in [6.45, 7) is 2.17. The van der Waals surface area contributed by atoms with Crippen LogP contribution in [0.1, 0.15) is 16.2 Å². The topological polar surface area (TPSA) is 61.2 Å². The number of carbonyl (C=O) groups is 1. The molecule has 0 N–H and O–H groups in total. The van der Waals surface area contributed by atoms with Crippen molar-refractivity contribution >= 4 is 39.5 Å². The van der Waals surface area contributed by atoms with Crippen LogP contribution in [-0.2, 0) is 11.3 Å². The van der Waals surface area contributed by atoms with Crippen molar-refractivity contribution in [1.29, 1.82) is 0 Å². The molecule has 3 aromatic rings. The maximum Gasteiger partial charge on any atom is 0.338 e. The van der Waals surface area contributed by atoms with Crippen molar-refractivity contribution in [2.75, 3.05) is 6.61 Å². The van der Waals surface area contributed by atoms with E-state index in [-0.39, 0.29) is 18.7 Å². The van der Waals surface area contributed by atoms with E-state index in [1.807, 2.05) is 24.3 Å². The van der Waals surface area contributed by atoms with Crippen molar-refractivity contribution in [2.24, 2.45) is 0 Å². The first kappa shape index (κ1) is 16.6.